The van der Waals surface area contributed by atoms with Crippen molar-refractivity contribution in [2.75, 3.05) is 27.1 Å². The monoisotopic (exact) mass is 394 g/mol. The van der Waals surface area contributed by atoms with Gasteiger partial charge in [0.1, 0.15) is 36.0 Å². The van der Waals surface area contributed by atoms with Crippen LogP contribution in [-0.4, -0.2) is 32.9 Å². The lowest BCUT2D eigenvalue weighted by atomic mass is 10.1. The Morgan fingerprint density at radius 2 is 1.76 bits per heavy atom. The van der Waals surface area contributed by atoms with Gasteiger partial charge in [-0.3, -0.25) is 4.79 Å². The van der Waals surface area contributed by atoms with Crippen molar-refractivity contribution < 1.29 is 28.5 Å². The minimum atomic E-state index is -0.270. The molecule has 29 heavy (non-hydrogen) atoms. The molecule has 2 aromatic rings. The Bertz CT molecular complexity index is 945. The maximum Gasteiger partial charge on any atom is 0.231 e. The van der Waals surface area contributed by atoms with E-state index in [1.54, 1.807) is 36.4 Å². The highest BCUT2D eigenvalue weighted by Gasteiger charge is 2.19. The lowest BCUT2D eigenvalue weighted by Crippen LogP contribution is -2.06. The number of hydrogen-bond acceptors (Lipinski definition) is 6. The molecule has 1 aliphatic heterocycles. The molecule has 0 atom stereocenters. The average molecular weight is 394 g/mol. The van der Waals surface area contributed by atoms with Crippen molar-refractivity contribution in [3.63, 3.8) is 0 Å². The largest absolute Gasteiger partial charge is 0.496 e. The molecule has 1 heterocycles. The first-order valence-electron chi connectivity index (χ1n) is 8.97. The first-order valence-corrected chi connectivity index (χ1v) is 8.97. The van der Waals surface area contributed by atoms with Gasteiger partial charge in [-0.1, -0.05) is 37.5 Å². The van der Waals surface area contributed by atoms with Gasteiger partial charge in [0.2, 0.25) is 6.79 Å². The second kappa shape index (κ2) is 9.50. The van der Waals surface area contributed by atoms with Crippen LogP contribution in [0.4, 0.5) is 0 Å². The summed E-state index contributed by atoms with van der Waals surface area (Å²) in [7, 11) is 1.49. The molecule has 150 valence electrons. The molecule has 0 saturated heterocycles. The number of fused-ring (bicyclic) bond motifs is 1. The zero-order chi connectivity index (χ0) is 20.6. The molecule has 0 bridgehead atoms. The number of rotatable bonds is 10. The lowest BCUT2D eigenvalue weighted by Gasteiger charge is -2.15. The van der Waals surface area contributed by atoms with Gasteiger partial charge in [0, 0.05) is 12.1 Å². The number of ketones is 1. The predicted octanol–water partition coefficient (Wildman–Crippen LogP) is 4.45. The number of carbonyl (C=O) groups excluding carboxylic acids is 1. The van der Waals surface area contributed by atoms with Crippen LogP contribution in [-0.2, 0) is 0 Å². The van der Waals surface area contributed by atoms with Gasteiger partial charge in [-0.05, 0) is 23.8 Å². The van der Waals surface area contributed by atoms with Crippen molar-refractivity contribution >= 4 is 11.9 Å². The highest BCUT2D eigenvalue weighted by atomic mass is 16.7. The zero-order valence-electron chi connectivity index (χ0n) is 16.2. The van der Waals surface area contributed by atoms with Crippen molar-refractivity contribution in [1.82, 2.24) is 0 Å². The Balaban J connectivity index is 1.90. The maximum absolute atomic E-state index is 13.0. The van der Waals surface area contributed by atoms with E-state index >= 15 is 0 Å². The summed E-state index contributed by atoms with van der Waals surface area (Å²) in [6.07, 6.45) is 6.38. The molecule has 6 heteroatoms. The van der Waals surface area contributed by atoms with Gasteiger partial charge in [0.05, 0.1) is 7.11 Å². The third kappa shape index (κ3) is 4.79. The van der Waals surface area contributed by atoms with Crippen molar-refractivity contribution in [2.45, 2.75) is 0 Å². The molecule has 0 radical (unpaired) electrons. The van der Waals surface area contributed by atoms with E-state index in [1.165, 1.54) is 13.2 Å². The summed E-state index contributed by atoms with van der Waals surface area (Å²) >= 11 is 0. The zero-order valence-corrected chi connectivity index (χ0v) is 16.2. The Labute approximate surface area is 169 Å². The van der Waals surface area contributed by atoms with E-state index in [0.717, 1.165) is 5.56 Å². The van der Waals surface area contributed by atoms with Crippen molar-refractivity contribution in [2.24, 2.45) is 0 Å². The Morgan fingerprint density at radius 1 is 1.03 bits per heavy atom. The SMILES string of the molecule is C=CCOc1cc(OC)c(C(=O)/C=C/c2ccc3c(c2)OCO3)c(OCC=C)c1. The van der Waals surface area contributed by atoms with E-state index in [-0.39, 0.29) is 19.2 Å². The van der Waals surface area contributed by atoms with Gasteiger partial charge in [-0.25, -0.2) is 0 Å². The molecule has 0 N–H and O–H groups in total. The second-order valence-electron chi connectivity index (χ2n) is 6.01. The molecule has 6 nitrogen and oxygen atoms in total. The summed E-state index contributed by atoms with van der Waals surface area (Å²) in [4.78, 5) is 13.0. The first-order chi connectivity index (χ1) is 14.2. The molecule has 3 rings (SSSR count). The van der Waals surface area contributed by atoms with E-state index < -0.39 is 0 Å². The highest BCUT2D eigenvalue weighted by Crippen LogP contribution is 2.36. The Morgan fingerprint density at radius 3 is 2.52 bits per heavy atom. The van der Waals surface area contributed by atoms with Gasteiger partial charge in [-0.15, -0.1) is 0 Å². The van der Waals surface area contributed by atoms with Crippen molar-refractivity contribution in [3.8, 4) is 28.7 Å². The summed E-state index contributed by atoms with van der Waals surface area (Å²) in [6.45, 7) is 8.03. The van der Waals surface area contributed by atoms with Crippen LogP contribution < -0.4 is 23.7 Å². The van der Waals surface area contributed by atoms with Gasteiger partial charge < -0.3 is 23.7 Å². The van der Waals surface area contributed by atoms with E-state index in [4.69, 9.17) is 23.7 Å². The van der Waals surface area contributed by atoms with E-state index in [2.05, 4.69) is 13.2 Å². The summed E-state index contributed by atoms with van der Waals surface area (Å²) in [5.41, 5.74) is 1.11. The third-order valence-electron chi connectivity index (χ3n) is 4.05. The van der Waals surface area contributed by atoms with E-state index in [1.807, 2.05) is 12.1 Å². The fourth-order valence-electron chi connectivity index (χ4n) is 2.74. The molecule has 1 aliphatic rings. The fourth-order valence-corrected chi connectivity index (χ4v) is 2.74. The predicted molar refractivity (Wildman–Crippen MR) is 110 cm³/mol. The van der Waals surface area contributed by atoms with Crippen LogP contribution in [0.3, 0.4) is 0 Å². The van der Waals surface area contributed by atoms with Gasteiger partial charge in [0.15, 0.2) is 17.3 Å². The molecule has 0 fully saturated rings. The number of allylic oxidation sites excluding steroid dienone is 1. The summed E-state index contributed by atoms with van der Waals surface area (Å²) < 4.78 is 27.3. The van der Waals surface area contributed by atoms with Crippen LogP contribution in [0.15, 0.2) is 61.7 Å². The van der Waals surface area contributed by atoms with E-state index in [0.29, 0.717) is 40.9 Å². The topological polar surface area (TPSA) is 63.2 Å². The Hall–Kier alpha value is -3.67. The lowest BCUT2D eigenvalue weighted by molar-refractivity contribution is 0.104. The number of ether oxygens (including phenoxy) is 5. The molecule has 0 saturated carbocycles. The normalized spacial score (nSPS) is 11.9. The van der Waals surface area contributed by atoms with Crippen LogP contribution in [0.5, 0.6) is 28.7 Å². The minimum Gasteiger partial charge on any atom is -0.496 e. The average Bonchev–Trinajstić information content (AvgIpc) is 3.21. The van der Waals surface area contributed by atoms with Crippen molar-refractivity contribution in [1.29, 1.82) is 0 Å². The van der Waals surface area contributed by atoms with E-state index in [9.17, 15) is 4.79 Å². The van der Waals surface area contributed by atoms with Crippen LogP contribution in [0, 0.1) is 0 Å². The number of carbonyl (C=O) groups is 1. The molecule has 0 unspecified atom stereocenters. The highest BCUT2D eigenvalue weighted by molar-refractivity contribution is 6.10. The fraction of sp³-hybridized carbons (Fsp3) is 0.174. The number of hydrogen-bond donors (Lipinski definition) is 0. The van der Waals surface area contributed by atoms with Crippen LogP contribution >= 0.6 is 0 Å². The van der Waals surface area contributed by atoms with Crippen LogP contribution in [0.2, 0.25) is 0 Å². The molecule has 0 amide bonds. The first kappa shape index (κ1) is 20.1. The summed E-state index contributed by atoms with van der Waals surface area (Å²) in [5.74, 6) is 2.28. The van der Waals surface area contributed by atoms with Gasteiger partial charge in [0.25, 0.3) is 0 Å². The molecule has 2 aromatic carbocycles. The molecular formula is C23H22O6. The molecular weight excluding hydrogens is 372 g/mol. The van der Waals surface area contributed by atoms with Crippen molar-refractivity contribution in [3.05, 3.63) is 72.8 Å². The molecule has 0 aromatic heterocycles. The van der Waals surface area contributed by atoms with Gasteiger partial charge >= 0.3 is 0 Å². The molecule has 0 aliphatic carbocycles. The third-order valence-corrected chi connectivity index (χ3v) is 4.05. The minimum absolute atomic E-state index is 0.197. The van der Waals surface area contributed by atoms with Crippen LogP contribution in [0.1, 0.15) is 15.9 Å². The number of benzene rings is 2. The summed E-state index contributed by atoms with van der Waals surface area (Å²) in [5, 5.41) is 0. The standard InChI is InChI=1S/C23H22O6/c1-4-10-26-17-13-21(25-3)23(22(14-17)27-11-5-2)18(24)8-6-16-7-9-19-20(12-16)29-15-28-19/h4-9,12-14H,1-2,10-11,15H2,3H3/b8-6+. The summed E-state index contributed by atoms with van der Waals surface area (Å²) in [6, 6.07) is 8.75. The smallest absolute Gasteiger partial charge is 0.231 e. The number of methoxy groups -OCH3 is 1. The van der Waals surface area contributed by atoms with Crippen LogP contribution in [0.25, 0.3) is 6.08 Å². The second-order valence-corrected chi connectivity index (χ2v) is 6.01. The Kier molecular flexibility index (Phi) is 6.58. The maximum atomic E-state index is 13.0. The van der Waals surface area contributed by atoms with Gasteiger partial charge in [-0.2, -0.15) is 0 Å². The molecule has 0 spiro atoms. The quantitative estimate of drug-likeness (QED) is 0.337.